The van der Waals surface area contributed by atoms with Gasteiger partial charge in [-0.15, -0.1) is 0 Å². The van der Waals surface area contributed by atoms with Crippen LogP contribution in [0.2, 0.25) is 0 Å². The average molecular weight is 581 g/mol. The minimum atomic E-state index is -0.992. The molecule has 2 rings (SSSR count). The molecule has 0 spiro atoms. The number of carboxylic acids is 1. The van der Waals surface area contributed by atoms with Gasteiger partial charge in [0, 0.05) is 11.6 Å². The topological polar surface area (TPSA) is 82.1 Å². The summed E-state index contributed by atoms with van der Waals surface area (Å²) >= 11 is 0. The Balaban J connectivity index is 0.000000420. The highest BCUT2D eigenvalue weighted by Gasteiger charge is 2.18. The minimum Gasteiger partial charge on any atom is -0.497 e. The van der Waals surface area contributed by atoms with Crippen molar-refractivity contribution in [3.8, 4) is 5.75 Å². The Kier molecular flexibility index (Phi) is 20.0. The second-order valence-corrected chi connectivity index (χ2v) is 10.2. The van der Waals surface area contributed by atoms with Gasteiger partial charge in [-0.3, -0.25) is 0 Å². The predicted molar refractivity (Wildman–Crippen MR) is 173 cm³/mol. The van der Waals surface area contributed by atoms with Crippen molar-refractivity contribution in [3.63, 3.8) is 0 Å². The van der Waals surface area contributed by atoms with Gasteiger partial charge in [0.1, 0.15) is 5.75 Å². The maximum Gasteiger partial charge on any atom is 0.371 e. The molecule has 0 aromatic heterocycles. The van der Waals surface area contributed by atoms with E-state index in [0.29, 0.717) is 6.61 Å². The van der Waals surface area contributed by atoms with Crippen LogP contribution < -0.4 is 4.74 Å². The van der Waals surface area contributed by atoms with Crippen LogP contribution >= 0.6 is 0 Å². The molecule has 0 aliphatic rings. The maximum atomic E-state index is 11.5. The van der Waals surface area contributed by atoms with E-state index in [4.69, 9.17) is 14.2 Å². The predicted octanol–water partition coefficient (Wildman–Crippen LogP) is 9.27. The summed E-state index contributed by atoms with van der Waals surface area (Å²) in [7, 11) is 3.06. The quantitative estimate of drug-likeness (QED) is 0.0772. The van der Waals surface area contributed by atoms with Crippen molar-refractivity contribution in [2.45, 2.75) is 97.8 Å². The van der Waals surface area contributed by atoms with Crippen LogP contribution in [0, 0.1) is 0 Å². The Bertz CT molecular complexity index is 1080. The lowest BCUT2D eigenvalue weighted by Crippen LogP contribution is -2.08. The first-order valence-corrected chi connectivity index (χ1v) is 15.5. The second kappa shape index (κ2) is 23.1. The fourth-order valence-electron chi connectivity index (χ4n) is 4.54. The summed E-state index contributed by atoms with van der Waals surface area (Å²) in [6.07, 6.45) is 16.4. The molecule has 6 nitrogen and oxygen atoms in total. The average Bonchev–Trinajstić information content (AvgIpc) is 3.01. The lowest BCUT2D eigenvalue weighted by molar-refractivity contribution is -0.138. The number of hydrogen-bond acceptors (Lipinski definition) is 5. The Morgan fingerprint density at radius 1 is 0.786 bits per heavy atom. The fraction of sp³-hybridized carbons (Fsp3) is 0.500. The van der Waals surface area contributed by atoms with Crippen LogP contribution in [0.4, 0.5) is 0 Å². The van der Waals surface area contributed by atoms with Gasteiger partial charge in [-0.05, 0) is 60.6 Å². The summed E-state index contributed by atoms with van der Waals surface area (Å²) < 4.78 is 15.4. The van der Waals surface area contributed by atoms with Gasteiger partial charge in [0.25, 0.3) is 0 Å². The number of rotatable bonds is 19. The van der Waals surface area contributed by atoms with Crippen molar-refractivity contribution in [3.05, 3.63) is 77.1 Å². The number of carbonyl (C=O) groups excluding carboxylic acids is 1. The normalized spacial score (nSPS) is 11.4. The van der Waals surface area contributed by atoms with Gasteiger partial charge in [0.2, 0.25) is 5.76 Å². The summed E-state index contributed by atoms with van der Waals surface area (Å²) in [6, 6.07) is 15.5. The molecule has 0 aliphatic heterocycles. The molecule has 0 saturated carbocycles. The van der Waals surface area contributed by atoms with Crippen LogP contribution in [-0.4, -0.2) is 37.9 Å². The van der Waals surface area contributed by atoms with Gasteiger partial charge >= 0.3 is 11.9 Å². The molecular formula is C36H52O6. The summed E-state index contributed by atoms with van der Waals surface area (Å²) in [5.74, 6) is -0.390. The second-order valence-electron chi connectivity index (χ2n) is 10.2. The number of aryl methyl sites for hydroxylation is 1. The number of carboxylic acid groups (broad SMARTS) is 1. The number of carbonyl (C=O) groups is 2. The van der Waals surface area contributed by atoms with Gasteiger partial charge in [0.15, 0.2) is 0 Å². The molecule has 0 aliphatic carbocycles. The number of methoxy groups -OCH3 is 2. The molecule has 0 fully saturated rings. The van der Waals surface area contributed by atoms with Crippen LogP contribution in [0.1, 0.15) is 108 Å². The van der Waals surface area contributed by atoms with Gasteiger partial charge in [0.05, 0.1) is 20.8 Å². The molecule has 0 radical (unpaired) electrons. The number of hydrogen-bond donors (Lipinski definition) is 1. The summed E-state index contributed by atoms with van der Waals surface area (Å²) in [4.78, 5) is 23.0. The molecule has 0 bridgehead atoms. The van der Waals surface area contributed by atoms with E-state index in [1.807, 2.05) is 42.5 Å². The van der Waals surface area contributed by atoms with Crippen molar-refractivity contribution < 1.29 is 28.9 Å². The molecule has 42 heavy (non-hydrogen) atoms. The smallest absolute Gasteiger partial charge is 0.371 e. The van der Waals surface area contributed by atoms with Crippen molar-refractivity contribution in [2.75, 3.05) is 20.8 Å². The van der Waals surface area contributed by atoms with E-state index in [2.05, 4.69) is 26.8 Å². The van der Waals surface area contributed by atoms with Crippen LogP contribution in [0.15, 0.2) is 60.4 Å². The highest BCUT2D eigenvalue weighted by atomic mass is 16.5. The summed E-state index contributed by atoms with van der Waals surface area (Å²) in [5.41, 5.74) is 3.94. The van der Waals surface area contributed by atoms with E-state index in [9.17, 15) is 14.7 Å². The van der Waals surface area contributed by atoms with E-state index < -0.39 is 5.97 Å². The van der Waals surface area contributed by atoms with E-state index >= 15 is 0 Å². The van der Waals surface area contributed by atoms with Crippen LogP contribution in [0.25, 0.3) is 11.6 Å². The van der Waals surface area contributed by atoms with Crippen molar-refractivity contribution in [1.29, 1.82) is 0 Å². The number of aliphatic carboxylic acids is 1. The van der Waals surface area contributed by atoms with Crippen LogP contribution in [0.5, 0.6) is 5.75 Å². The van der Waals surface area contributed by atoms with Gasteiger partial charge in [-0.2, -0.15) is 0 Å². The van der Waals surface area contributed by atoms with Crippen molar-refractivity contribution in [2.24, 2.45) is 0 Å². The van der Waals surface area contributed by atoms with Crippen molar-refractivity contribution in [1.82, 2.24) is 0 Å². The highest BCUT2D eigenvalue weighted by molar-refractivity contribution is 5.94. The van der Waals surface area contributed by atoms with E-state index in [1.54, 1.807) is 13.2 Å². The Morgan fingerprint density at radius 3 is 2.00 bits per heavy atom. The van der Waals surface area contributed by atoms with E-state index in [1.165, 1.54) is 57.3 Å². The van der Waals surface area contributed by atoms with Crippen LogP contribution in [-0.2, 0) is 25.5 Å². The Labute approximate surface area is 253 Å². The van der Waals surface area contributed by atoms with Gasteiger partial charge < -0.3 is 19.3 Å². The van der Waals surface area contributed by atoms with Crippen molar-refractivity contribution >= 4 is 23.6 Å². The van der Waals surface area contributed by atoms with Gasteiger partial charge in [-0.25, -0.2) is 9.59 Å². The third-order valence-corrected chi connectivity index (χ3v) is 6.95. The number of unbranched alkanes of at least 4 members (excludes halogenated alkanes) is 8. The van der Waals surface area contributed by atoms with Gasteiger partial charge in [-0.1, -0.05) is 109 Å². The molecular weight excluding hydrogens is 528 g/mol. The molecule has 0 heterocycles. The standard InChI is InChI=1S/2C18H26O3/c1-4-6-7-8-13-16(17(21-3)18(19)20)15-12-10-9-11-14(15)5-2;1-3-4-5-6-7-8-15-21-18(19)14-11-16-9-12-17(20-2)13-10-16/h9-12H,4-8,13H2,1-3H3,(H,19,20);9-14H,3-8,15H2,1-2H3. The number of ether oxygens (including phenoxy) is 3. The van der Waals surface area contributed by atoms with E-state index in [0.717, 1.165) is 61.0 Å². The molecule has 0 saturated heterocycles. The molecule has 232 valence electrons. The third kappa shape index (κ3) is 14.9. The zero-order valence-electron chi connectivity index (χ0n) is 26.5. The van der Waals surface area contributed by atoms with Crippen LogP contribution in [0.3, 0.4) is 0 Å². The molecule has 0 atom stereocenters. The third-order valence-electron chi connectivity index (χ3n) is 6.95. The highest BCUT2D eigenvalue weighted by Crippen LogP contribution is 2.29. The molecule has 0 unspecified atom stereocenters. The first-order chi connectivity index (χ1) is 20.4. The lowest BCUT2D eigenvalue weighted by atomic mass is 9.93. The SMILES string of the molecule is CCCCCCC(=C(OC)C(=O)O)c1ccccc1CC.CCCCCCCCOC(=O)C=Cc1ccc(OC)cc1. The number of benzene rings is 2. The summed E-state index contributed by atoms with van der Waals surface area (Å²) in [6.45, 7) is 6.97. The molecule has 2 aromatic rings. The molecule has 1 N–H and O–H groups in total. The largest absolute Gasteiger partial charge is 0.497 e. The maximum absolute atomic E-state index is 11.5. The zero-order valence-corrected chi connectivity index (χ0v) is 26.5. The number of allylic oxidation sites excluding steroid dienone is 1. The number of esters is 1. The Morgan fingerprint density at radius 2 is 1.40 bits per heavy atom. The first kappa shape index (κ1) is 36.5. The molecule has 6 heteroatoms. The lowest BCUT2D eigenvalue weighted by Gasteiger charge is -2.15. The summed E-state index contributed by atoms with van der Waals surface area (Å²) in [5, 5.41) is 9.39. The van der Waals surface area contributed by atoms with E-state index in [-0.39, 0.29) is 11.7 Å². The fourth-order valence-corrected chi connectivity index (χ4v) is 4.54. The minimum absolute atomic E-state index is 0.0763. The first-order valence-electron chi connectivity index (χ1n) is 15.5. The molecule has 2 aromatic carbocycles. The monoisotopic (exact) mass is 580 g/mol. The zero-order chi connectivity index (χ0) is 31.0. The Hall–Kier alpha value is -3.54. The molecule has 0 amide bonds.